The molecule has 2 rings (SSSR count). The van der Waals surface area contributed by atoms with Crippen molar-refractivity contribution < 1.29 is 28.9 Å². The summed E-state index contributed by atoms with van der Waals surface area (Å²) in [5.41, 5.74) is 0.0151. The molecule has 7 heteroatoms. The molecule has 0 radical (unpaired) electrons. The molecular weight excluding hydrogens is 401 g/mol. The van der Waals surface area contributed by atoms with E-state index in [1.807, 2.05) is 0 Å². The standard InChI is InChI=1S/C24H36FNO5/c1-24(2,3)31-23(30)26-20(14-16-7-5-4-6-8-16)21(27)15-18(22(28)29)13-17-9-11-19(25)12-10-17/h9-12,16,18,20-21,27H,4-8,13-15H2,1-3H3,(H,26,30)(H,28,29). The van der Waals surface area contributed by atoms with Crippen LogP contribution in [-0.2, 0) is 16.0 Å². The summed E-state index contributed by atoms with van der Waals surface area (Å²) >= 11 is 0. The minimum Gasteiger partial charge on any atom is -0.481 e. The van der Waals surface area contributed by atoms with Crippen molar-refractivity contribution in [3.63, 3.8) is 0 Å². The number of nitrogens with one attached hydrogen (secondary N) is 1. The van der Waals surface area contributed by atoms with Crippen LogP contribution >= 0.6 is 0 Å². The lowest BCUT2D eigenvalue weighted by Gasteiger charge is -2.32. The first-order valence-corrected chi connectivity index (χ1v) is 11.2. The SMILES string of the molecule is CC(C)(C)OC(=O)NC(CC1CCCCC1)C(O)CC(Cc1ccc(F)cc1)C(=O)O. The third-order valence-electron chi connectivity index (χ3n) is 5.75. The number of carbonyl (C=O) groups is 2. The van der Waals surface area contributed by atoms with Crippen LogP contribution in [0.3, 0.4) is 0 Å². The van der Waals surface area contributed by atoms with Gasteiger partial charge in [-0.1, -0.05) is 44.2 Å². The van der Waals surface area contributed by atoms with Gasteiger partial charge in [-0.05, 0) is 63.6 Å². The molecule has 0 bridgehead atoms. The number of benzene rings is 1. The van der Waals surface area contributed by atoms with Crippen LogP contribution in [0, 0.1) is 17.7 Å². The Hall–Kier alpha value is -2.15. The third kappa shape index (κ3) is 9.25. The highest BCUT2D eigenvalue weighted by Gasteiger charge is 2.31. The average Bonchev–Trinajstić information content (AvgIpc) is 2.67. The van der Waals surface area contributed by atoms with Crippen LogP contribution in [0.1, 0.15) is 71.3 Å². The van der Waals surface area contributed by atoms with Gasteiger partial charge in [0, 0.05) is 0 Å². The van der Waals surface area contributed by atoms with Crippen molar-refractivity contribution in [1.82, 2.24) is 5.32 Å². The number of amides is 1. The van der Waals surface area contributed by atoms with Crippen LogP contribution < -0.4 is 5.32 Å². The number of hydrogen-bond acceptors (Lipinski definition) is 4. The van der Waals surface area contributed by atoms with Gasteiger partial charge in [0.05, 0.1) is 18.1 Å². The van der Waals surface area contributed by atoms with Crippen molar-refractivity contribution in [2.45, 2.75) is 89.9 Å². The first-order chi connectivity index (χ1) is 14.5. The molecule has 0 saturated heterocycles. The topological polar surface area (TPSA) is 95.9 Å². The number of aliphatic hydroxyl groups is 1. The lowest BCUT2D eigenvalue weighted by Crippen LogP contribution is -2.47. The summed E-state index contributed by atoms with van der Waals surface area (Å²) in [6.07, 6.45) is 4.63. The van der Waals surface area contributed by atoms with E-state index in [2.05, 4.69) is 5.32 Å². The molecular formula is C24H36FNO5. The number of halogens is 1. The van der Waals surface area contributed by atoms with Crippen LogP contribution in [0.25, 0.3) is 0 Å². The van der Waals surface area contributed by atoms with Gasteiger partial charge in [-0.3, -0.25) is 4.79 Å². The van der Waals surface area contributed by atoms with Gasteiger partial charge in [0.1, 0.15) is 11.4 Å². The number of ether oxygens (including phenoxy) is 1. The number of alkyl carbamates (subject to hydrolysis) is 1. The van der Waals surface area contributed by atoms with Gasteiger partial charge in [0.25, 0.3) is 0 Å². The lowest BCUT2D eigenvalue weighted by molar-refractivity contribution is -0.143. The van der Waals surface area contributed by atoms with E-state index in [9.17, 15) is 24.2 Å². The number of aliphatic carboxylic acids is 1. The smallest absolute Gasteiger partial charge is 0.407 e. The molecule has 0 heterocycles. The number of carbonyl (C=O) groups excluding carboxylic acids is 1. The predicted octanol–water partition coefficient (Wildman–Crippen LogP) is 4.68. The van der Waals surface area contributed by atoms with Gasteiger partial charge in [0.2, 0.25) is 0 Å². The Labute approximate surface area is 184 Å². The summed E-state index contributed by atoms with van der Waals surface area (Å²) < 4.78 is 18.5. The highest BCUT2D eigenvalue weighted by Crippen LogP contribution is 2.29. The first-order valence-electron chi connectivity index (χ1n) is 11.2. The quantitative estimate of drug-likeness (QED) is 0.521. The van der Waals surface area contributed by atoms with E-state index in [4.69, 9.17) is 4.74 Å². The van der Waals surface area contributed by atoms with E-state index in [1.54, 1.807) is 32.9 Å². The van der Waals surface area contributed by atoms with Crippen molar-refractivity contribution >= 4 is 12.1 Å². The molecule has 31 heavy (non-hydrogen) atoms. The van der Waals surface area contributed by atoms with Gasteiger partial charge >= 0.3 is 12.1 Å². The highest BCUT2D eigenvalue weighted by molar-refractivity contribution is 5.70. The zero-order valence-electron chi connectivity index (χ0n) is 18.8. The predicted molar refractivity (Wildman–Crippen MR) is 116 cm³/mol. The van der Waals surface area contributed by atoms with Gasteiger partial charge in [-0.15, -0.1) is 0 Å². The van der Waals surface area contributed by atoms with Crippen LogP contribution in [0.5, 0.6) is 0 Å². The maximum absolute atomic E-state index is 13.2. The highest BCUT2D eigenvalue weighted by atomic mass is 19.1. The zero-order chi connectivity index (χ0) is 23.0. The maximum Gasteiger partial charge on any atom is 0.407 e. The Balaban J connectivity index is 2.08. The number of aliphatic hydroxyl groups excluding tert-OH is 1. The van der Waals surface area contributed by atoms with E-state index in [0.717, 1.165) is 25.7 Å². The van der Waals surface area contributed by atoms with E-state index >= 15 is 0 Å². The molecule has 1 aromatic rings. The van der Waals surface area contributed by atoms with Crippen molar-refractivity contribution in [2.24, 2.45) is 11.8 Å². The largest absolute Gasteiger partial charge is 0.481 e. The fourth-order valence-corrected chi connectivity index (χ4v) is 4.19. The van der Waals surface area contributed by atoms with Crippen LogP contribution in [0.15, 0.2) is 24.3 Å². The summed E-state index contributed by atoms with van der Waals surface area (Å²) in [5.74, 6) is -1.89. The Kier molecular flexibility index (Phi) is 9.29. The van der Waals surface area contributed by atoms with E-state index in [1.165, 1.54) is 18.6 Å². The molecule has 1 aliphatic rings. The molecule has 3 unspecified atom stereocenters. The molecule has 3 N–H and O–H groups in total. The second kappa shape index (κ2) is 11.5. The second-order valence-electron chi connectivity index (χ2n) is 9.66. The van der Waals surface area contributed by atoms with Crippen molar-refractivity contribution in [1.29, 1.82) is 0 Å². The number of hydrogen-bond donors (Lipinski definition) is 3. The Morgan fingerprint density at radius 1 is 1.16 bits per heavy atom. The monoisotopic (exact) mass is 437 g/mol. The summed E-state index contributed by atoms with van der Waals surface area (Å²) in [6, 6.07) is 5.10. The average molecular weight is 438 g/mol. The molecule has 1 saturated carbocycles. The van der Waals surface area contributed by atoms with E-state index in [0.29, 0.717) is 17.9 Å². The normalized spacial score (nSPS) is 18.1. The molecule has 1 amide bonds. The van der Waals surface area contributed by atoms with Gasteiger partial charge < -0.3 is 20.3 Å². The molecule has 174 valence electrons. The lowest BCUT2D eigenvalue weighted by atomic mass is 9.82. The fraction of sp³-hybridized carbons (Fsp3) is 0.667. The van der Waals surface area contributed by atoms with Crippen molar-refractivity contribution in [3.8, 4) is 0 Å². The van der Waals surface area contributed by atoms with E-state index in [-0.39, 0.29) is 18.7 Å². The fourth-order valence-electron chi connectivity index (χ4n) is 4.19. The molecule has 1 aliphatic carbocycles. The molecule has 0 aliphatic heterocycles. The minimum absolute atomic E-state index is 0.0140. The van der Waals surface area contributed by atoms with Gasteiger partial charge in [-0.2, -0.15) is 0 Å². The van der Waals surface area contributed by atoms with Crippen LogP contribution in [-0.4, -0.2) is 40.0 Å². The molecule has 1 aromatic carbocycles. The Morgan fingerprint density at radius 3 is 2.32 bits per heavy atom. The number of carboxylic acids is 1. The Morgan fingerprint density at radius 2 is 1.77 bits per heavy atom. The Bertz CT molecular complexity index is 710. The molecule has 6 nitrogen and oxygen atoms in total. The van der Waals surface area contributed by atoms with Gasteiger partial charge in [-0.25, -0.2) is 9.18 Å². The van der Waals surface area contributed by atoms with Crippen LogP contribution in [0.2, 0.25) is 0 Å². The summed E-state index contributed by atoms with van der Waals surface area (Å²) in [6.45, 7) is 5.30. The molecule has 0 spiro atoms. The molecule has 0 aromatic heterocycles. The summed E-state index contributed by atoms with van der Waals surface area (Å²) in [5, 5.41) is 23.4. The minimum atomic E-state index is -1.03. The maximum atomic E-state index is 13.2. The van der Waals surface area contributed by atoms with Crippen LogP contribution in [0.4, 0.5) is 9.18 Å². The van der Waals surface area contributed by atoms with Gasteiger partial charge in [0.15, 0.2) is 0 Å². The summed E-state index contributed by atoms with van der Waals surface area (Å²) in [7, 11) is 0. The second-order valence-corrected chi connectivity index (χ2v) is 9.66. The first kappa shape index (κ1) is 25.1. The molecule has 3 atom stereocenters. The summed E-state index contributed by atoms with van der Waals surface area (Å²) in [4.78, 5) is 24.2. The number of rotatable bonds is 9. The van der Waals surface area contributed by atoms with E-state index < -0.39 is 35.7 Å². The van der Waals surface area contributed by atoms with Crippen molar-refractivity contribution in [2.75, 3.05) is 0 Å². The number of carboxylic acid groups (broad SMARTS) is 1. The molecule has 1 fully saturated rings. The zero-order valence-corrected chi connectivity index (χ0v) is 18.8. The third-order valence-corrected chi connectivity index (χ3v) is 5.75. The van der Waals surface area contributed by atoms with Crippen molar-refractivity contribution in [3.05, 3.63) is 35.6 Å².